The van der Waals surface area contributed by atoms with Gasteiger partial charge in [0.15, 0.2) is 11.5 Å². The van der Waals surface area contributed by atoms with Gasteiger partial charge in [0.05, 0.1) is 14.2 Å². The molecule has 3 heteroatoms. The van der Waals surface area contributed by atoms with Crippen LogP contribution < -0.4 is 14.8 Å². The maximum atomic E-state index is 5.60. The second kappa shape index (κ2) is 6.29. The Kier molecular flexibility index (Phi) is 4.70. The Morgan fingerprint density at radius 1 is 1.21 bits per heavy atom. The SMILES string of the molecule is COc1cccc(C2CCNCC2C(C)C)c1OC. The van der Waals surface area contributed by atoms with E-state index in [1.54, 1.807) is 14.2 Å². The predicted molar refractivity (Wildman–Crippen MR) is 78.1 cm³/mol. The molecule has 0 aromatic heterocycles. The number of methoxy groups -OCH3 is 2. The van der Waals surface area contributed by atoms with Gasteiger partial charge in [-0.15, -0.1) is 0 Å². The standard InChI is InChI=1S/C16H25NO2/c1-11(2)14-10-17-9-8-12(14)13-6-5-7-15(18-3)16(13)19-4/h5-7,11-12,14,17H,8-10H2,1-4H3. The van der Waals surface area contributed by atoms with E-state index in [4.69, 9.17) is 9.47 Å². The molecule has 1 saturated heterocycles. The molecule has 0 saturated carbocycles. The third-order valence-corrected chi connectivity index (χ3v) is 4.22. The number of piperidine rings is 1. The molecular weight excluding hydrogens is 238 g/mol. The molecule has 106 valence electrons. The summed E-state index contributed by atoms with van der Waals surface area (Å²) in [4.78, 5) is 0. The zero-order chi connectivity index (χ0) is 13.8. The van der Waals surface area contributed by atoms with Gasteiger partial charge in [-0.3, -0.25) is 0 Å². The fourth-order valence-corrected chi connectivity index (χ4v) is 3.17. The van der Waals surface area contributed by atoms with E-state index in [1.807, 2.05) is 6.07 Å². The van der Waals surface area contributed by atoms with Crippen molar-refractivity contribution in [3.63, 3.8) is 0 Å². The number of rotatable bonds is 4. The van der Waals surface area contributed by atoms with Crippen molar-refractivity contribution >= 4 is 0 Å². The summed E-state index contributed by atoms with van der Waals surface area (Å²) in [6.07, 6.45) is 1.16. The molecule has 1 aliphatic rings. The first-order chi connectivity index (χ1) is 9.19. The first kappa shape index (κ1) is 14.2. The molecule has 0 bridgehead atoms. The van der Waals surface area contributed by atoms with Gasteiger partial charge in [0.1, 0.15) is 0 Å². The van der Waals surface area contributed by atoms with E-state index >= 15 is 0 Å². The number of benzene rings is 1. The van der Waals surface area contributed by atoms with Crippen molar-refractivity contribution in [1.29, 1.82) is 0 Å². The van der Waals surface area contributed by atoms with Crippen LogP contribution in [0, 0.1) is 11.8 Å². The van der Waals surface area contributed by atoms with Crippen LogP contribution in [-0.2, 0) is 0 Å². The molecule has 0 aliphatic carbocycles. The topological polar surface area (TPSA) is 30.5 Å². The highest BCUT2D eigenvalue weighted by Gasteiger charge is 2.31. The van der Waals surface area contributed by atoms with Gasteiger partial charge in [-0.05, 0) is 43.3 Å². The fourth-order valence-electron chi connectivity index (χ4n) is 3.17. The van der Waals surface area contributed by atoms with E-state index in [0.29, 0.717) is 17.8 Å². The molecule has 1 N–H and O–H groups in total. The van der Waals surface area contributed by atoms with Gasteiger partial charge >= 0.3 is 0 Å². The Balaban J connectivity index is 2.38. The van der Waals surface area contributed by atoms with Gasteiger partial charge in [0, 0.05) is 5.56 Å². The van der Waals surface area contributed by atoms with Gasteiger partial charge in [-0.2, -0.15) is 0 Å². The summed E-state index contributed by atoms with van der Waals surface area (Å²) >= 11 is 0. The number of nitrogens with one attached hydrogen (secondary N) is 1. The first-order valence-corrected chi connectivity index (χ1v) is 7.10. The van der Waals surface area contributed by atoms with Gasteiger partial charge in [0.25, 0.3) is 0 Å². The van der Waals surface area contributed by atoms with Crippen LogP contribution in [0.2, 0.25) is 0 Å². The van der Waals surface area contributed by atoms with Crippen LogP contribution in [0.15, 0.2) is 18.2 Å². The Morgan fingerprint density at radius 2 is 2.00 bits per heavy atom. The van der Waals surface area contributed by atoms with E-state index in [9.17, 15) is 0 Å². The van der Waals surface area contributed by atoms with E-state index in [2.05, 4.69) is 31.3 Å². The third kappa shape index (κ3) is 2.86. The zero-order valence-electron chi connectivity index (χ0n) is 12.4. The van der Waals surface area contributed by atoms with Gasteiger partial charge in [0.2, 0.25) is 0 Å². The summed E-state index contributed by atoms with van der Waals surface area (Å²) in [6, 6.07) is 6.22. The lowest BCUT2D eigenvalue weighted by atomic mass is 9.75. The van der Waals surface area contributed by atoms with Crippen LogP contribution in [0.25, 0.3) is 0 Å². The van der Waals surface area contributed by atoms with Crippen LogP contribution in [0.1, 0.15) is 31.7 Å². The third-order valence-electron chi connectivity index (χ3n) is 4.22. The minimum atomic E-state index is 0.547. The molecule has 1 heterocycles. The highest BCUT2D eigenvalue weighted by molar-refractivity contribution is 5.48. The number of para-hydroxylation sites is 1. The maximum absolute atomic E-state index is 5.60. The molecule has 3 nitrogen and oxygen atoms in total. The predicted octanol–water partition coefficient (Wildman–Crippen LogP) is 3.05. The van der Waals surface area contributed by atoms with Gasteiger partial charge in [-0.1, -0.05) is 26.0 Å². The number of hydrogen-bond acceptors (Lipinski definition) is 3. The second-order valence-corrected chi connectivity index (χ2v) is 5.59. The average Bonchev–Trinajstić information content (AvgIpc) is 2.46. The highest BCUT2D eigenvalue weighted by Crippen LogP contribution is 2.42. The van der Waals surface area contributed by atoms with Crippen LogP contribution >= 0.6 is 0 Å². The number of ether oxygens (including phenoxy) is 2. The van der Waals surface area contributed by atoms with Crippen molar-refractivity contribution in [2.45, 2.75) is 26.2 Å². The largest absolute Gasteiger partial charge is 0.493 e. The minimum Gasteiger partial charge on any atom is -0.493 e. The smallest absolute Gasteiger partial charge is 0.164 e. The molecule has 1 aromatic carbocycles. The fraction of sp³-hybridized carbons (Fsp3) is 0.625. The second-order valence-electron chi connectivity index (χ2n) is 5.59. The van der Waals surface area contributed by atoms with Crippen molar-refractivity contribution in [1.82, 2.24) is 5.32 Å². The van der Waals surface area contributed by atoms with Crippen LogP contribution in [-0.4, -0.2) is 27.3 Å². The van der Waals surface area contributed by atoms with Crippen molar-refractivity contribution in [2.24, 2.45) is 11.8 Å². The Bertz CT molecular complexity index is 417. The average molecular weight is 263 g/mol. The lowest BCUT2D eigenvalue weighted by Gasteiger charge is -2.36. The van der Waals surface area contributed by atoms with Gasteiger partial charge in [-0.25, -0.2) is 0 Å². The molecule has 1 aromatic rings. The molecule has 2 atom stereocenters. The molecule has 0 spiro atoms. The summed E-state index contributed by atoms with van der Waals surface area (Å²) in [5.41, 5.74) is 1.29. The Morgan fingerprint density at radius 3 is 2.63 bits per heavy atom. The van der Waals surface area contributed by atoms with Crippen molar-refractivity contribution < 1.29 is 9.47 Å². The molecule has 2 unspecified atom stereocenters. The van der Waals surface area contributed by atoms with Crippen LogP contribution in [0.3, 0.4) is 0 Å². The van der Waals surface area contributed by atoms with E-state index in [0.717, 1.165) is 31.0 Å². The summed E-state index contributed by atoms with van der Waals surface area (Å²) in [6.45, 7) is 6.77. The summed E-state index contributed by atoms with van der Waals surface area (Å²) < 4.78 is 11.0. The van der Waals surface area contributed by atoms with E-state index < -0.39 is 0 Å². The lowest BCUT2D eigenvalue weighted by molar-refractivity contribution is 0.248. The molecular formula is C16H25NO2. The summed E-state index contributed by atoms with van der Waals surface area (Å²) in [5.74, 6) is 3.60. The summed E-state index contributed by atoms with van der Waals surface area (Å²) in [7, 11) is 3.43. The molecule has 0 amide bonds. The molecule has 1 fully saturated rings. The normalized spacial score (nSPS) is 23.4. The highest BCUT2D eigenvalue weighted by atomic mass is 16.5. The van der Waals surface area contributed by atoms with Gasteiger partial charge < -0.3 is 14.8 Å². The van der Waals surface area contributed by atoms with Crippen molar-refractivity contribution in [3.05, 3.63) is 23.8 Å². The van der Waals surface area contributed by atoms with E-state index in [-0.39, 0.29) is 0 Å². The molecule has 19 heavy (non-hydrogen) atoms. The van der Waals surface area contributed by atoms with Crippen LogP contribution in [0.5, 0.6) is 11.5 Å². The van der Waals surface area contributed by atoms with Crippen molar-refractivity contribution in [2.75, 3.05) is 27.3 Å². The maximum Gasteiger partial charge on any atom is 0.164 e. The van der Waals surface area contributed by atoms with Crippen molar-refractivity contribution in [3.8, 4) is 11.5 Å². The summed E-state index contributed by atoms with van der Waals surface area (Å²) in [5, 5.41) is 3.51. The number of hydrogen-bond donors (Lipinski definition) is 1. The quantitative estimate of drug-likeness (QED) is 0.905. The Hall–Kier alpha value is -1.22. The van der Waals surface area contributed by atoms with Crippen LogP contribution in [0.4, 0.5) is 0 Å². The first-order valence-electron chi connectivity index (χ1n) is 7.10. The minimum absolute atomic E-state index is 0.547. The lowest BCUT2D eigenvalue weighted by Crippen LogP contribution is -2.38. The van der Waals surface area contributed by atoms with E-state index in [1.165, 1.54) is 5.56 Å². The molecule has 2 rings (SSSR count). The Labute approximate surface area is 116 Å². The monoisotopic (exact) mass is 263 g/mol. The molecule has 1 aliphatic heterocycles. The zero-order valence-corrected chi connectivity index (χ0v) is 12.4. The molecule has 0 radical (unpaired) electrons.